The lowest BCUT2D eigenvalue weighted by atomic mass is 10.1. The minimum Gasteiger partial charge on any atom is -0.454 e. The van der Waals surface area contributed by atoms with Crippen LogP contribution in [0.4, 0.5) is 4.39 Å². The van der Waals surface area contributed by atoms with Gasteiger partial charge in [0.2, 0.25) is 0 Å². The van der Waals surface area contributed by atoms with Crippen molar-refractivity contribution >= 4 is 27.5 Å². The molecule has 2 rings (SSSR count). The van der Waals surface area contributed by atoms with Crippen LogP contribution in [0.2, 0.25) is 5.02 Å². The number of ether oxygens (including phenoxy) is 1. The van der Waals surface area contributed by atoms with Crippen molar-refractivity contribution in [2.75, 3.05) is 0 Å². The molecule has 0 aliphatic carbocycles. The summed E-state index contributed by atoms with van der Waals surface area (Å²) in [5.41, 5.74) is 6.66. The van der Waals surface area contributed by atoms with Crippen LogP contribution in [0, 0.1) is 5.82 Å². The number of benzene rings is 2. The van der Waals surface area contributed by atoms with E-state index in [1.807, 2.05) is 6.92 Å². The average Bonchev–Trinajstić information content (AvgIpc) is 2.36. The van der Waals surface area contributed by atoms with Gasteiger partial charge in [-0.15, -0.1) is 0 Å². The molecule has 0 fully saturated rings. The summed E-state index contributed by atoms with van der Waals surface area (Å²) in [5, 5.41) is 0.600. The highest BCUT2D eigenvalue weighted by Gasteiger charge is 2.11. The van der Waals surface area contributed by atoms with Crippen LogP contribution in [0.25, 0.3) is 0 Å². The van der Waals surface area contributed by atoms with Crippen molar-refractivity contribution in [1.29, 1.82) is 0 Å². The molecule has 106 valence electrons. The van der Waals surface area contributed by atoms with Gasteiger partial charge in [-0.2, -0.15) is 0 Å². The molecule has 20 heavy (non-hydrogen) atoms. The number of nitrogens with two attached hydrogens (primary N) is 1. The van der Waals surface area contributed by atoms with Gasteiger partial charge in [-0.25, -0.2) is 4.39 Å². The van der Waals surface area contributed by atoms with Gasteiger partial charge in [-0.05, 0) is 55.3 Å². The quantitative estimate of drug-likeness (QED) is 0.841. The molecule has 0 heterocycles. The molecule has 0 radical (unpaired) electrons. The maximum absolute atomic E-state index is 13.7. The highest BCUT2D eigenvalue weighted by atomic mass is 79.9. The molecule has 5 heteroatoms. The van der Waals surface area contributed by atoms with Gasteiger partial charge < -0.3 is 10.5 Å². The van der Waals surface area contributed by atoms with Gasteiger partial charge in [0.05, 0.1) is 0 Å². The zero-order chi connectivity index (χ0) is 14.7. The molecule has 0 bridgehead atoms. The van der Waals surface area contributed by atoms with Crippen LogP contribution in [-0.2, 0) is 6.42 Å². The Morgan fingerprint density at radius 3 is 2.70 bits per heavy atom. The van der Waals surface area contributed by atoms with Crippen molar-refractivity contribution in [2.24, 2.45) is 5.73 Å². The standard InChI is InChI=1S/C15H14BrClFNO/c1-9(19)6-10-7-12(17)3-5-14(10)20-15-8-11(16)2-4-13(15)18/h2-5,7-9H,6,19H2,1H3. The zero-order valence-electron chi connectivity index (χ0n) is 10.9. The minimum absolute atomic E-state index is 0.0387. The third kappa shape index (κ3) is 3.95. The summed E-state index contributed by atoms with van der Waals surface area (Å²) in [6.07, 6.45) is 0.603. The fourth-order valence-electron chi connectivity index (χ4n) is 1.83. The fourth-order valence-corrected chi connectivity index (χ4v) is 2.36. The van der Waals surface area contributed by atoms with E-state index in [0.717, 1.165) is 10.0 Å². The summed E-state index contributed by atoms with van der Waals surface area (Å²) in [4.78, 5) is 0. The van der Waals surface area contributed by atoms with Crippen molar-refractivity contribution in [3.63, 3.8) is 0 Å². The van der Waals surface area contributed by atoms with E-state index in [1.165, 1.54) is 6.07 Å². The van der Waals surface area contributed by atoms with Crippen molar-refractivity contribution < 1.29 is 9.13 Å². The minimum atomic E-state index is -0.421. The second-order valence-electron chi connectivity index (χ2n) is 4.61. The largest absolute Gasteiger partial charge is 0.454 e. The molecule has 1 atom stereocenters. The number of hydrogen-bond acceptors (Lipinski definition) is 2. The summed E-state index contributed by atoms with van der Waals surface area (Å²) in [6, 6.07) is 9.73. The van der Waals surface area contributed by atoms with Crippen molar-refractivity contribution in [2.45, 2.75) is 19.4 Å². The Morgan fingerprint density at radius 2 is 2.00 bits per heavy atom. The predicted octanol–water partition coefficient (Wildman–Crippen LogP) is 4.92. The van der Waals surface area contributed by atoms with Crippen LogP contribution < -0.4 is 10.5 Å². The summed E-state index contributed by atoms with van der Waals surface area (Å²) < 4.78 is 20.1. The Bertz CT molecular complexity index is 619. The third-order valence-corrected chi connectivity index (χ3v) is 3.41. The Hall–Kier alpha value is -1.10. The van der Waals surface area contributed by atoms with Crippen molar-refractivity contribution in [3.8, 4) is 11.5 Å². The fraction of sp³-hybridized carbons (Fsp3) is 0.200. The molecular weight excluding hydrogens is 345 g/mol. The van der Waals surface area contributed by atoms with Crippen LogP contribution >= 0.6 is 27.5 Å². The van der Waals surface area contributed by atoms with E-state index >= 15 is 0 Å². The maximum atomic E-state index is 13.7. The lowest BCUT2D eigenvalue weighted by molar-refractivity contribution is 0.436. The Balaban J connectivity index is 2.35. The van der Waals surface area contributed by atoms with E-state index < -0.39 is 5.82 Å². The normalized spacial score (nSPS) is 12.2. The van der Waals surface area contributed by atoms with E-state index in [4.69, 9.17) is 22.1 Å². The van der Waals surface area contributed by atoms with Gasteiger partial charge in [0.1, 0.15) is 5.75 Å². The molecule has 1 unspecified atom stereocenters. The first-order valence-corrected chi connectivity index (χ1v) is 7.29. The van der Waals surface area contributed by atoms with Gasteiger partial charge in [-0.1, -0.05) is 27.5 Å². The SMILES string of the molecule is CC(N)Cc1cc(Cl)ccc1Oc1cc(Br)ccc1F. The van der Waals surface area contributed by atoms with E-state index in [1.54, 1.807) is 30.3 Å². The van der Waals surface area contributed by atoms with Crippen molar-refractivity contribution in [1.82, 2.24) is 0 Å². The molecular formula is C15H14BrClFNO. The van der Waals surface area contributed by atoms with Crippen LogP contribution in [0.3, 0.4) is 0 Å². The average molecular weight is 359 g/mol. The second kappa shape index (κ2) is 6.57. The van der Waals surface area contributed by atoms with E-state index in [0.29, 0.717) is 17.2 Å². The molecule has 0 spiro atoms. The molecule has 2 aromatic rings. The van der Waals surface area contributed by atoms with Crippen molar-refractivity contribution in [3.05, 3.63) is 57.3 Å². The summed E-state index contributed by atoms with van der Waals surface area (Å²) >= 11 is 9.27. The van der Waals surface area contributed by atoms with Crippen LogP contribution in [0.1, 0.15) is 12.5 Å². The molecule has 0 saturated carbocycles. The molecule has 0 aliphatic heterocycles. The first-order valence-electron chi connectivity index (χ1n) is 6.12. The molecule has 2 N–H and O–H groups in total. The van der Waals surface area contributed by atoms with Crippen LogP contribution in [0.5, 0.6) is 11.5 Å². The van der Waals surface area contributed by atoms with E-state index in [-0.39, 0.29) is 11.8 Å². The maximum Gasteiger partial charge on any atom is 0.165 e. The molecule has 0 amide bonds. The first kappa shape index (κ1) is 15.3. The molecule has 0 aromatic heterocycles. The molecule has 0 aliphatic rings. The Kier molecular flexibility index (Phi) is 5.02. The van der Waals surface area contributed by atoms with Crippen LogP contribution in [0.15, 0.2) is 40.9 Å². The third-order valence-electron chi connectivity index (χ3n) is 2.68. The highest BCUT2D eigenvalue weighted by molar-refractivity contribution is 9.10. The predicted molar refractivity (Wildman–Crippen MR) is 83.0 cm³/mol. The second-order valence-corrected chi connectivity index (χ2v) is 5.96. The lowest BCUT2D eigenvalue weighted by Gasteiger charge is -2.14. The molecule has 0 saturated heterocycles. The molecule has 2 aromatic carbocycles. The Morgan fingerprint density at radius 1 is 1.25 bits per heavy atom. The van der Waals surface area contributed by atoms with Gasteiger partial charge in [0.25, 0.3) is 0 Å². The Labute approximate surface area is 130 Å². The van der Waals surface area contributed by atoms with Gasteiger partial charge >= 0.3 is 0 Å². The summed E-state index contributed by atoms with van der Waals surface area (Å²) in [6.45, 7) is 1.89. The zero-order valence-corrected chi connectivity index (χ0v) is 13.2. The number of hydrogen-bond donors (Lipinski definition) is 1. The first-order chi connectivity index (χ1) is 9.45. The number of rotatable bonds is 4. The lowest BCUT2D eigenvalue weighted by Crippen LogP contribution is -2.18. The summed E-state index contributed by atoms with van der Waals surface area (Å²) in [7, 11) is 0. The monoisotopic (exact) mass is 357 g/mol. The van der Waals surface area contributed by atoms with E-state index in [2.05, 4.69) is 15.9 Å². The topological polar surface area (TPSA) is 35.2 Å². The number of halogens is 3. The van der Waals surface area contributed by atoms with Crippen LogP contribution in [-0.4, -0.2) is 6.04 Å². The highest BCUT2D eigenvalue weighted by Crippen LogP contribution is 2.31. The van der Waals surface area contributed by atoms with Gasteiger partial charge in [0.15, 0.2) is 11.6 Å². The van der Waals surface area contributed by atoms with Gasteiger partial charge in [0, 0.05) is 15.5 Å². The summed E-state index contributed by atoms with van der Waals surface area (Å²) in [5.74, 6) is 0.297. The van der Waals surface area contributed by atoms with E-state index in [9.17, 15) is 4.39 Å². The smallest absolute Gasteiger partial charge is 0.165 e. The van der Waals surface area contributed by atoms with Gasteiger partial charge in [-0.3, -0.25) is 0 Å². The molecule has 2 nitrogen and oxygen atoms in total.